The summed E-state index contributed by atoms with van der Waals surface area (Å²) in [6, 6.07) is 8.38. The molecule has 0 saturated heterocycles. The van der Waals surface area contributed by atoms with E-state index in [1.807, 2.05) is 6.21 Å². The summed E-state index contributed by atoms with van der Waals surface area (Å²) in [6.45, 7) is 0.580. The number of benzene rings is 1. The first kappa shape index (κ1) is 13.3. The second-order valence-electron chi connectivity index (χ2n) is 5.52. The van der Waals surface area contributed by atoms with Gasteiger partial charge in [0.15, 0.2) is 0 Å². The van der Waals surface area contributed by atoms with E-state index in [0.717, 1.165) is 23.3 Å². The van der Waals surface area contributed by atoms with Crippen molar-refractivity contribution in [3.63, 3.8) is 0 Å². The van der Waals surface area contributed by atoms with Crippen LogP contribution in [0.3, 0.4) is 0 Å². The maximum absolute atomic E-state index is 5.66. The lowest BCUT2D eigenvalue weighted by molar-refractivity contribution is 0.591. The molecule has 2 aliphatic rings. The number of rotatable bonds is 2. The van der Waals surface area contributed by atoms with Crippen LogP contribution in [0.25, 0.3) is 0 Å². The van der Waals surface area contributed by atoms with E-state index in [-0.39, 0.29) is 0 Å². The summed E-state index contributed by atoms with van der Waals surface area (Å²) in [5.41, 5.74) is 10.4. The number of hydrogen-bond donors (Lipinski definition) is 1. The van der Waals surface area contributed by atoms with Gasteiger partial charge in [-0.05, 0) is 30.4 Å². The molecule has 1 aliphatic heterocycles. The van der Waals surface area contributed by atoms with Crippen molar-refractivity contribution in [3.05, 3.63) is 47.0 Å². The summed E-state index contributed by atoms with van der Waals surface area (Å²) in [5, 5.41) is 8.63. The van der Waals surface area contributed by atoms with E-state index in [1.54, 1.807) is 0 Å². The highest BCUT2D eigenvalue weighted by Gasteiger charge is 2.22. The predicted octanol–water partition coefficient (Wildman–Crippen LogP) is 3.44. The molecule has 1 aliphatic carbocycles. The van der Waals surface area contributed by atoms with Crippen LogP contribution >= 0.6 is 0 Å². The highest BCUT2D eigenvalue weighted by atomic mass is 15.2. The van der Waals surface area contributed by atoms with Gasteiger partial charge in [-0.1, -0.05) is 43.2 Å². The summed E-state index contributed by atoms with van der Waals surface area (Å²) in [6.07, 6.45) is 10.6. The molecule has 0 amide bonds. The van der Waals surface area contributed by atoms with Crippen molar-refractivity contribution in [1.82, 2.24) is 0 Å². The number of fused-ring (bicyclic) bond motifs is 1. The molecule has 0 fully saturated rings. The first-order chi connectivity index (χ1) is 9.88. The molecule has 2 N–H and O–H groups in total. The minimum Gasteiger partial charge on any atom is -0.326 e. The Labute approximate surface area is 120 Å². The molecule has 0 aromatic heterocycles. The van der Waals surface area contributed by atoms with Crippen molar-refractivity contribution < 1.29 is 0 Å². The fraction of sp³-hybridized carbons (Fsp3) is 0.412. The van der Waals surface area contributed by atoms with Crippen LogP contribution in [0.5, 0.6) is 0 Å². The van der Waals surface area contributed by atoms with Crippen LogP contribution in [0.2, 0.25) is 0 Å². The van der Waals surface area contributed by atoms with Crippen molar-refractivity contribution in [1.29, 1.82) is 0 Å². The Hall–Kier alpha value is -1.74. The molecular weight excluding hydrogens is 246 g/mol. The zero-order chi connectivity index (χ0) is 13.8. The number of nitrogens with zero attached hydrogens (tertiary/aromatic N) is 2. The van der Waals surface area contributed by atoms with Gasteiger partial charge in [0.1, 0.15) is 0 Å². The fourth-order valence-electron chi connectivity index (χ4n) is 2.93. The largest absolute Gasteiger partial charge is 0.326 e. The third-order valence-electron chi connectivity index (χ3n) is 4.12. The van der Waals surface area contributed by atoms with Crippen LogP contribution in [0.1, 0.15) is 43.2 Å². The number of allylic oxidation sites excluding steroid dienone is 2. The predicted molar refractivity (Wildman–Crippen MR) is 84.0 cm³/mol. The standard InChI is InChI=1S/C17H21N3/c18-11-13-7-9-14(10-8-13)17-16-6-4-2-1-3-5-15(16)12-19-20-17/h6-10,12,15H,1-5,11,18H2. The highest BCUT2D eigenvalue weighted by Crippen LogP contribution is 2.28. The molecule has 1 aromatic rings. The molecule has 0 saturated carbocycles. The van der Waals surface area contributed by atoms with Gasteiger partial charge in [0.05, 0.1) is 5.71 Å². The van der Waals surface area contributed by atoms with E-state index in [9.17, 15) is 0 Å². The molecule has 3 heteroatoms. The lowest BCUT2D eigenvalue weighted by Gasteiger charge is -2.23. The second-order valence-corrected chi connectivity index (χ2v) is 5.52. The van der Waals surface area contributed by atoms with Crippen molar-refractivity contribution in [2.45, 2.75) is 38.6 Å². The van der Waals surface area contributed by atoms with Crippen LogP contribution in [0.15, 0.2) is 46.1 Å². The Morgan fingerprint density at radius 3 is 2.75 bits per heavy atom. The number of hydrogen-bond acceptors (Lipinski definition) is 3. The van der Waals surface area contributed by atoms with Crippen LogP contribution in [0.4, 0.5) is 0 Å². The van der Waals surface area contributed by atoms with Crippen molar-refractivity contribution in [2.24, 2.45) is 21.9 Å². The van der Waals surface area contributed by atoms with E-state index in [4.69, 9.17) is 5.73 Å². The quantitative estimate of drug-likeness (QED) is 0.876. The van der Waals surface area contributed by atoms with Gasteiger partial charge >= 0.3 is 0 Å². The lowest BCUT2D eigenvalue weighted by atomic mass is 9.84. The molecule has 104 valence electrons. The topological polar surface area (TPSA) is 50.7 Å². The highest BCUT2D eigenvalue weighted by molar-refractivity contribution is 6.15. The minimum absolute atomic E-state index is 0.442. The van der Waals surface area contributed by atoms with Gasteiger partial charge in [-0.25, -0.2) is 0 Å². The molecule has 1 heterocycles. The molecule has 3 nitrogen and oxygen atoms in total. The van der Waals surface area contributed by atoms with Crippen molar-refractivity contribution >= 4 is 11.9 Å². The molecule has 1 aromatic carbocycles. The van der Waals surface area contributed by atoms with Gasteiger partial charge in [0, 0.05) is 24.2 Å². The molecule has 3 rings (SSSR count). The van der Waals surface area contributed by atoms with Crippen LogP contribution in [0, 0.1) is 5.92 Å². The first-order valence-corrected chi connectivity index (χ1v) is 7.49. The summed E-state index contributed by atoms with van der Waals surface area (Å²) in [5.74, 6) is 0.442. The van der Waals surface area contributed by atoms with Crippen molar-refractivity contribution in [2.75, 3.05) is 0 Å². The average Bonchev–Trinajstić information content (AvgIpc) is 2.47. The molecule has 0 spiro atoms. The zero-order valence-corrected chi connectivity index (χ0v) is 11.8. The SMILES string of the molecule is NCc1ccc(C2=NN=CC3CCCCCC=C23)cc1. The first-order valence-electron chi connectivity index (χ1n) is 7.49. The minimum atomic E-state index is 0.442. The molecule has 1 atom stereocenters. The van der Waals surface area contributed by atoms with Gasteiger partial charge in [-0.2, -0.15) is 10.2 Å². The van der Waals surface area contributed by atoms with Crippen LogP contribution in [-0.4, -0.2) is 11.9 Å². The van der Waals surface area contributed by atoms with Gasteiger partial charge in [-0.15, -0.1) is 0 Å². The maximum Gasteiger partial charge on any atom is 0.0964 e. The van der Waals surface area contributed by atoms with Crippen LogP contribution in [-0.2, 0) is 6.54 Å². The summed E-state index contributed by atoms with van der Waals surface area (Å²) < 4.78 is 0. The summed E-state index contributed by atoms with van der Waals surface area (Å²) in [7, 11) is 0. The Morgan fingerprint density at radius 1 is 1.10 bits per heavy atom. The maximum atomic E-state index is 5.66. The Bertz CT molecular complexity index is 552. The van der Waals surface area contributed by atoms with Gasteiger partial charge in [0.2, 0.25) is 0 Å². The third kappa shape index (κ3) is 2.73. The molecule has 1 unspecified atom stereocenters. The fourth-order valence-corrected chi connectivity index (χ4v) is 2.93. The van der Waals surface area contributed by atoms with Crippen molar-refractivity contribution in [3.8, 4) is 0 Å². The smallest absolute Gasteiger partial charge is 0.0964 e. The van der Waals surface area contributed by atoms with E-state index in [1.165, 1.54) is 31.3 Å². The second kappa shape index (κ2) is 6.14. The van der Waals surface area contributed by atoms with E-state index < -0.39 is 0 Å². The van der Waals surface area contributed by atoms with Gasteiger partial charge in [0.25, 0.3) is 0 Å². The number of nitrogens with two attached hydrogens (primary N) is 1. The molecular formula is C17H21N3. The van der Waals surface area contributed by atoms with E-state index in [2.05, 4.69) is 40.5 Å². The Morgan fingerprint density at radius 2 is 1.95 bits per heavy atom. The Balaban J connectivity index is 1.93. The average molecular weight is 267 g/mol. The molecule has 20 heavy (non-hydrogen) atoms. The normalized spacial score (nSPS) is 22.4. The summed E-state index contributed by atoms with van der Waals surface area (Å²) in [4.78, 5) is 0. The monoisotopic (exact) mass is 267 g/mol. The molecule has 0 bridgehead atoms. The van der Waals surface area contributed by atoms with Gasteiger partial charge in [-0.3, -0.25) is 0 Å². The van der Waals surface area contributed by atoms with Crippen LogP contribution < -0.4 is 5.73 Å². The molecule has 0 radical (unpaired) electrons. The zero-order valence-electron chi connectivity index (χ0n) is 11.8. The lowest BCUT2D eigenvalue weighted by Crippen LogP contribution is -2.20. The third-order valence-corrected chi connectivity index (χ3v) is 4.12. The Kier molecular flexibility index (Phi) is 4.07. The van der Waals surface area contributed by atoms with E-state index >= 15 is 0 Å². The van der Waals surface area contributed by atoms with E-state index in [0.29, 0.717) is 12.5 Å². The summed E-state index contributed by atoms with van der Waals surface area (Å²) >= 11 is 0. The van der Waals surface area contributed by atoms with Gasteiger partial charge < -0.3 is 5.73 Å².